The van der Waals surface area contributed by atoms with Crippen LogP contribution in [0.5, 0.6) is 0 Å². The molecule has 0 unspecified atom stereocenters. The Balaban J connectivity index is 1.51. The minimum Gasteiger partial charge on any atom is -0.390 e. The van der Waals surface area contributed by atoms with E-state index in [1.807, 2.05) is 91.0 Å². The summed E-state index contributed by atoms with van der Waals surface area (Å²) in [6, 6.07) is 28.5. The van der Waals surface area contributed by atoms with Crippen molar-refractivity contribution in [3.63, 3.8) is 0 Å². The highest BCUT2D eigenvalue weighted by molar-refractivity contribution is 7.99. The zero-order chi connectivity index (χ0) is 23.6. The zero-order valence-electron chi connectivity index (χ0n) is 18.6. The first-order valence-electron chi connectivity index (χ1n) is 11.1. The zero-order valence-corrected chi connectivity index (χ0v) is 19.4. The molecular weight excluding hydrogens is 450 g/mol. The summed E-state index contributed by atoms with van der Waals surface area (Å²) in [6.45, 7) is 0.856. The van der Waals surface area contributed by atoms with Crippen molar-refractivity contribution < 1.29 is 19.3 Å². The van der Waals surface area contributed by atoms with E-state index in [4.69, 9.17) is 14.2 Å². The lowest BCUT2D eigenvalue weighted by molar-refractivity contribution is -0.183. The fraction of sp³-hybridized carbons (Fsp3) is 0.308. The van der Waals surface area contributed by atoms with Gasteiger partial charge in [-0.3, -0.25) is 0 Å². The number of benzene rings is 3. The minimum absolute atomic E-state index is 0.158. The molecule has 1 saturated heterocycles. The first-order valence-corrected chi connectivity index (χ1v) is 12.0. The molecule has 0 bridgehead atoms. The van der Waals surface area contributed by atoms with E-state index >= 15 is 0 Å². The van der Waals surface area contributed by atoms with E-state index in [-0.39, 0.29) is 6.61 Å². The summed E-state index contributed by atoms with van der Waals surface area (Å²) in [5, 5.41) is 15.0. The maximum atomic E-state index is 11.0. The molecule has 5 atom stereocenters. The third-order valence-corrected chi connectivity index (χ3v) is 6.66. The van der Waals surface area contributed by atoms with Crippen LogP contribution in [0.4, 0.5) is 0 Å². The average Bonchev–Trinajstić information content (AvgIpc) is 2.88. The molecule has 0 spiro atoms. The van der Waals surface area contributed by atoms with Gasteiger partial charge in [0.15, 0.2) is 0 Å². The van der Waals surface area contributed by atoms with Crippen LogP contribution in [0.3, 0.4) is 0 Å². The van der Waals surface area contributed by atoms with Crippen molar-refractivity contribution in [2.75, 3.05) is 6.61 Å². The molecule has 0 amide bonds. The maximum Gasteiger partial charge on any atom is 0.134 e. The molecule has 3 aromatic carbocycles. The Labute approximate surface area is 203 Å². The van der Waals surface area contributed by atoms with Crippen LogP contribution in [0.1, 0.15) is 11.1 Å². The van der Waals surface area contributed by atoms with Gasteiger partial charge in [0.1, 0.15) is 17.6 Å². The van der Waals surface area contributed by atoms with Crippen molar-refractivity contribution in [3.8, 4) is 0 Å². The van der Waals surface area contributed by atoms with Gasteiger partial charge in [-0.05, 0) is 28.8 Å². The maximum absolute atomic E-state index is 11.0. The van der Waals surface area contributed by atoms with E-state index in [1.54, 1.807) is 0 Å². The van der Waals surface area contributed by atoms with Gasteiger partial charge in [0, 0.05) is 9.81 Å². The van der Waals surface area contributed by atoms with Gasteiger partial charge < -0.3 is 19.3 Å². The highest BCUT2D eigenvalue weighted by Gasteiger charge is 2.46. The Morgan fingerprint density at radius 2 is 1.47 bits per heavy atom. The van der Waals surface area contributed by atoms with Crippen molar-refractivity contribution in [2.24, 2.45) is 5.11 Å². The predicted molar refractivity (Wildman–Crippen MR) is 131 cm³/mol. The quantitative estimate of drug-likeness (QED) is 0.241. The van der Waals surface area contributed by atoms with Gasteiger partial charge in [-0.15, -0.1) is 0 Å². The molecule has 34 heavy (non-hydrogen) atoms. The van der Waals surface area contributed by atoms with E-state index in [1.165, 1.54) is 11.8 Å². The number of thioether (sulfide) groups is 1. The predicted octanol–water partition coefficient (Wildman–Crippen LogP) is 5.35. The van der Waals surface area contributed by atoms with Crippen LogP contribution in [0, 0.1) is 0 Å². The molecule has 3 aromatic rings. The normalized spacial score (nSPS) is 24.3. The van der Waals surface area contributed by atoms with Gasteiger partial charge in [0.05, 0.1) is 32.0 Å². The Bertz CT molecular complexity index is 1050. The highest BCUT2D eigenvalue weighted by Crippen LogP contribution is 2.36. The molecule has 176 valence electrons. The van der Waals surface area contributed by atoms with E-state index in [0.29, 0.717) is 13.2 Å². The molecule has 0 radical (unpaired) electrons. The van der Waals surface area contributed by atoms with Gasteiger partial charge in [-0.2, -0.15) is 0 Å². The smallest absolute Gasteiger partial charge is 0.134 e. The molecule has 8 heteroatoms. The standard InChI is InChI=1S/C26H27N3O4S/c27-29-28-23-24(30)22(18-31-16-19-10-4-1-5-11-19)33-26(34-21-14-8-3-9-15-21)25(23)32-17-20-12-6-2-7-13-20/h1-15,22-26,30H,16-18H2/t22-,23+,24-,25-,26+/m1/s1. The minimum atomic E-state index is -1.07. The Morgan fingerprint density at radius 3 is 2.09 bits per heavy atom. The molecule has 1 heterocycles. The largest absolute Gasteiger partial charge is 0.390 e. The number of rotatable bonds is 10. The summed E-state index contributed by atoms with van der Waals surface area (Å²) in [6.07, 6.45) is -2.39. The first kappa shape index (κ1) is 24.3. The van der Waals surface area contributed by atoms with Crippen molar-refractivity contribution >= 4 is 11.8 Å². The SMILES string of the molecule is [N-]=[N+]=N[C@H]1[C@H](O)[C@@H](COCc2ccccc2)O[C@@H](Sc2ccccc2)[C@@H]1OCc1ccccc1. The third kappa shape index (κ3) is 6.61. The van der Waals surface area contributed by atoms with Crippen LogP contribution < -0.4 is 0 Å². The monoisotopic (exact) mass is 477 g/mol. The highest BCUT2D eigenvalue weighted by atomic mass is 32.2. The number of aliphatic hydroxyl groups is 1. The van der Waals surface area contributed by atoms with Gasteiger partial charge in [-0.25, -0.2) is 0 Å². The second-order valence-corrected chi connectivity index (χ2v) is 9.09. The number of azide groups is 1. The summed E-state index contributed by atoms with van der Waals surface area (Å²) >= 11 is 1.48. The van der Waals surface area contributed by atoms with E-state index in [2.05, 4.69) is 10.0 Å². The molecule has 0 aliphatic carbocycles. The Kier molecular flexibility index (Phi) is 8.98. The number of nitrogens with zero attached hydrogens (tertiary/aromatic N) is 3. The third-order valence-electron chi connectivity index (χ3n) is 5.50. The number of aliphatic hydroxyl groups excluding tert-OH is 1. The Hall–Kier alpha value is -2.84. The van der Waals surface area contributed by atoms with Crippen LogP contribution in [0.25, 0.3) is 10.4 Å². The van der Waals surface area contributed by atoms with E-state index < -0.39 is 29.8 Å². The van der Waals surface area contributed by atoms with Crippen molar-refractivity contribution in [1.29, 1.82) is 0 Å². The van der Waals surface area contributed by atoms with Crippen LogP contribution in [0.2, 0.25) is 0 Å². The lowest BCUT2D eigenvalue weighted by Crippen LogP contribution is -2.57. The molecular formula is C26H27N3O4S. The van der Waals surface area contributed by atoms with E-state index in [9.17, 15) is 10.6 Å². The molecule has 7 nitrogen and oxygen atoms in total. The lowest BCUT2D eigenvalue weighted by Gasteiger charge is -2.42. The molecule has 0 saturated carbocycles. The molecule has 4 rings (SSSR count). The van der Waals surface area contributed by atoms with Crippen LogP contribution in [-0.4, -0.2) is 41.5 Å². The molecule has 1 fully saturated rings. The summed E-state index contributed by atoms with van der Waals surface area (Å²) < 4.78 is 18.3. The number of hydrogen-bond acceptors (Lipinski definition) is 6. The second-order valence-electron chi connectivity index (χ2n) is 7.92. The summed E-state index contributed by atoms with van der Waals surface area (Å²) in [5.41, 5.74) is 10.7. The van der Waals surface area contributed by atoms with Crippen LogP contribution in [-0.2, 0) is 27.4 Å². The summed E-state index contributed by atoms with van der Waals surface area (Å²) in [5.74, 6) is 0. The first-order chi connectivity index (χ1) is 16.7. The van der Waals surface area contributed by atoms with Crippen molar-refractivity contribution in [2.45, 2.75) is 47.9 Å². The lowest BCUT2D eigenvalue weighted by atomic mass is 9.98. The number of hydrogen-bond donors (Lipinski definition) is 1. The van der Waals surface area contributed by atoms with Crippen LogP contribution in [0.15, 0.2) is 101 Å². The summed E-state index contributed by atoms with van der Waals surface area (Å²) in [7, 11) is 0. The fourth-order valence-electron chi connectivity index (χ4n) is 3.78. The van der Waals surface area contributed by atoms with Crippen molar-refractivity contribution in [1.82, 2.24) is 0 Å². The average molecular weight is 478 g/mol. The van der Waals surface area contributed by atoms with Crippen LogP contribution >= 0.6 is 11.8 Å². The number of ether oxygens (including phenoxy) is 3. The molecule has 1 aliphatic heterocycles. The van der Waals surface area contributed by atoms with Gasteiger partial charge in [0.2, 0.25) is 0 Å². The van der Waals surface area contributed by atoms with Gasteiger partial charge >= 0.3 is 0 Å². The Morgan fingerprint density at radius 1 is 0.882 bits per heavy atom. The molecule has 0 aromatic heterocycles. The molecule has 1 aliphatic rings. The fourth-order valence-corrected chi connectivity index (χ4v) is 4.93. The molecule has 1 N–H and O–H groups in total. The van der Waals surface area contributed by atoms with Gasteiger partial charge in [0.25, 0.3) is 0 Å². The van der Waals surface area contributed by atoms with Crippen molar-refractivity contribution in [3.05, 3.63) is 113 Å². The second kappa shape index (κ2) is 12.6. The van der Waals surface area contributed by atoms with Gasteiger partial charge in [-0.1, -0.05) is 95.7 Å². The topological polar surface area (TPSA) is 96.7 Å². The summed E-state index contributed by atoms with van der Waals surface area (Å²) in [4.78, 5) is 3.99. The van der Waals surface area contributed by atoms with E-state index in [0.717, 1.165) is 16.0 Å².